The molecule has 5 N–H and O–H groups in total. The van der Waals surface area contributed by atoms with E-state index in [9.17, 15) is 0 Å². The van der Waals surface area contributed by atoms with Gasteiger partial charge in [0, 0.05) is 15.8 Å². The van der Waals surface area contributed by atoms with Gasteiger partial charge in [0.2, 0.25) is 0 Å². The molecule has 11 heavy (non-hydrogen) atoms. The summed E-state index contributed by atoms with van der Waals surface area (Å²) < 4.78 is 0. The maximum absolute atomic E-state index is 8.34. The number of nitrogens with two attached hydrogens (primary N) is 1. The highest BCUT2D eigenvalue weighted by atomic mass is 32.1. The molecule has 0 aliphatic heterocycles. The van der Waals surface area contributed by atoms with Gasteiger partial charge in [-0.25, -0.2) is 5.48 Å². The molecule has 0 saturated carbocycles. The van der Waals surface area contributed by atoms with Crippen molar-refractivity contribution in [2.45, 2.75) is 6.54 Å². The van der Waals surface area contributed by atoms with Crippen LogP contribution in [0, 0.1) is 5.41 Å². The highest BCUT2D eigenvalue weighted by Crippen LogP contribution is 2.13. The van der Waals surface area contributed by atoms with Gasteiger partial charge in [-0.1, -0.05) is 0 Å². The van der Waals surface area contributed by atoms with Crippen molar-refractivity contribution in [2.75, 3.05) is 0 Å². The summed E-state index contributed by atoms with van der Waals surface area (Å²) in [5, 5.41) is 17.2. The molecule has 0 spiro atoms. The fourth-order valence-corrected chi connectivity index (χ4v) is 1.51. The highest BCUT2D eigenvalue weighted by Gasteiger charge is 2.00. The Hall–Kier alpha value is -0.910. The Bertz CT molecular complexity index is 258. The first-order valence-corrected chi connectivity index (χ1v) is 3.90. The third-order valence-corrected chi connectivity index (χ3v) is 2.15. The molecule has 1 heterocycles. The third-order valence-electron chi connectivity index (χ3n) is 1.22. The van der Waals surface area contributed by atoms with E-state index in [1.54, 1.807) is 11.4 Å². The Morgan fingerprint density at radius 3 is 3.00 bits per heavy atom. The summed E-state index contributed by atoms with van der Waals surface area (Å²) in [6, 6.07) is 1.77. The van der Waals surface area contributed by atoms with E-state index < -0.39 is 0 Å². The van der Waals surface area contributed by atoms with E-state index in [1.807, 2.05) is 5.48 Å². The van der Waals surface area contributed by atoms with Crippen molar-refractivity contribution >= 4 is 17.2 Å². The smallest absolute Gasteiger partial charge is 0.123 e. The van der Waals surface area contributed by atoms with Crippen LogP contribution in [0.1, 0.15) is 10.4 Å². The van der Waals surface area contributed by atoms with E-state index in [0.717, 1.165) is 4.88 Å². The summed E-state index contributed by atoms with van der Waals surface area (Å²) in [6.45, 7) is 0.401. The lowest BCUT2D eigenvalue weighted by atomic mass is 10.3. The Labute approximate surface area is 68.1 Å². The van der Waals surface area contributed by atoms with Crippen LogP contribution in [0.5, 0.6) is 0 Å². The Morgan fingerprint density at radius 1 is 1.82 bits per heavy atom. The fourth-order valence-electron chi connectivity index (χ4n) is 0.693. The van der Waals surface area contributed by atoms with Crippen LogP contribution in [0.25, 0.3) is 0 Å². The van der Waals surface area contributed by atoms with Crippen LogP contribution < -0.4 is 11.2 Å². The van der Waals surface area contributed by atoms with Crippen LogP contribution >= 0.6 is 11.3 Å². The maximum atomic E-state index is 8.34. The van der Waals surface area contributed by atoms with Crippen LogP contribution in [0.15, 0.2) is 11.4 Å². The number of nitrogen functional groups attached to an aromatic ring is 1. The average molecular weight is 171 g/mol. The quantitative estimate of drug-likeness (QED) is 0.304. The SMILES string of the molecule is N=C(N)c1csc(CNO)c1. The average Bonchev–Trinajstić information content (AvgIpc) is 2.37. The van der Waals surface area contributed by atoms with Crippen molar-refractivity contribution in [1.29, 1.82) is 5.41 Å². The largest absolute Gasteiger partial charge is 0.384 e. The van der Waals surface area contributed by atoms with Crippen molar-refractivity contribution < 1.29 is 5.21 Å². The maximum Gasteiger partial charge on any atom is 0.123 e. The molecule has 0 fully saturated rings. The van der Waals surface area contributed by atoms with E-state index in [1.165, 1.54) is 11.3 Å². The lowest BCUT2D eigenvalue weighted by Crippen LogP contribution is -2.09. The number of rotatable bonds is 3. The number of thiophene rings is 1. The van der Waals surface area contributed by atoms with Crippen LogP contribution in [0.3, 0.4) is 0 Å². The van der Waals surface area contributed by atoms with Gasteiger partial charge in [-0.3, -0.25) is 5.41 Å². The first kappa shape index (κ1) is 8.19. The predicted octanol–water partition coefficient (Wildman–Crippen LogP) is 0.511. The summed E-state index contributed by atoms with van der Waals surface area (Å²) in [5.41, 5.74) is 7.97. The molecule has 1 aromatic heterocycles. The number of hydrogen-bond donors (Lipinski definition) is 4. The molecule has 4 nitrogen and oxygen atoms in total. The molecule has 0 radical (unpaired) electrons. The molecule has 1 rings (SSSR count). The van der Waals surface area contributed by atoms with Crippen molar-refractivity contribution in [3.63, 3.8) is 0 Å². The lowest BCUT2D eigenvalue weighted by Gasteiger charge is -1.90. The Kier molecular flexibility index (Phi) is 2.58. The normalized spacial score (nSPS) is 9.91. The van der Waals surface area contributed by atoms with Crippen LogP contribution in [-0.4, -0.2) is 11.0 Å². The number of amidine groups is 1. The summed E-state index contributed by atoms with van der Waals surface area (Å²) in [4.78, 5) is 0.956. The molecule has 0 aromatic carbocycles. The van der Waals surface area contributed by atoms with Crippen LogP contribution in [-0.2, 0) is 6.54 Å². The van der Waals surface area contributed by atoms with Crippen molar-refractivity contribution in [3.8, 4) is 0 Å². The molecule has 5 heteroatoms. The summed E-state index contributed by atoms with van der Waals surface area (Å²) in [5.74, 6) is 0.0606. The van der Waals surface area contributed by atoms with Gasteiger partial charge in [-0.05, 0) is 6.07 Å². The number of hydroxylamine groups is 1. The van der Waals surface area contributed by atoms with E-state index in [2.05, 4.69) is 0 Å². The zero-order chi connectivity index (χ0) is 8.27. The lowest BCUT2D eigenvalue weighted by molar-refractivity contribution is 0.162. The zero-order valence-corrected chi connectivity index (χ0v) is 6.61. The van der Waals surface area contributed by atoms with Crippen molar-refractivity contribution in [3.05, 3.63) is 21.9 Å². The van der Waals surface area contributed by atoms with Gasteiger partial charge in [-0.15, -0.1) is 11.3 Å². The zero-order valence-electron chi connectivity index (χ0n) is 5.79. The molecular weight excluding hydrogens is 162 g/mol. The van der Waals surface area contributed by atoms with Crippen LogP contribution in [0.4, 0.5) is 0 Å². The van der Waals surface area contributed by atoms with Gasteiger partial charge in [0.05, 0.1) is 6.54 Å². The second kappa shape index (κ2) is 3.47. The predicted molar refractivity (Wildman–Crippen MR) is 44.0 cm³/mol. The minimum absolute atomic E-state index is 0.0606. The first-order chi connectivity index (χ1) is 5.24. The van der Waals surface area contributed by atoms with Crippen molar-refractivity contribution in [2.24, 2.45) is 5.73 Å². The molecule has 0 bridgehead atoms. The number of nitrogens with one attached hydrogen (secondary N) is 2. The van der Waals surface area contributed by atoms with Gasteiger partial charge < -0.3 is 10.9 Å². The van der Waals surface area contributed by atoms with E-state index >= 15 is 0 Å². The summed E-state index contributed by atoms with van der Waals surface area (Å²) in [7, 11) is 0. The Morgan fingerprint density at radius 2 is 2.55 bits per heavy atom. The molecule has 0 aliphatic carbocycles. The first-order valence-electron chi connectivity index (χ1n) is 3.03. The summed E-state index contributed by atoms with van der Waals surface area (Å²) >= 11 is 1.46. The second-order valence-electron chi connectivity index (χ2n) is 2.05. The topological polar surface area (TPSA) is 82.1 Å². The molecule has 0 aliphatic rings. The highest BCUT2D eigenvalue weighted by molar-refractivity contribution is 7.10. The molecule has 0 saturated heterocycles. The monoisotopic (exact) mass is 171 g/mol. The minimum atomic E-state index is 0.0606. The third kappa shape index (κ3) is 2.01. The standard InChI is InChI=1S/C6H9N3OS/c7-6(8)4-1-5(2-9-10)11-3-4/h1,3,9-10H,2H2,(H3,7,8). The van der Waals surface area contributed by atoms with Gasteiger partial charge in [0.15, 0.2) is 0 Å². The second-order valence-corrected chi connectivity index (χ2v) is 3.05. The molecule has 1 aromatic rings. The van der Waals surface area contributed by atoms with Crippen LogP contribution in [0.2, 0.25) is 0 Å². The van der Waals surface area contributed by atoms with E-state index in [0.29, 0.717) is 12.1 Å². The molecular formula is C6H9N3OS. The molecule has 0 unspecified atom stereocenters. The molecule has 60 valence electrons. The van der Waals surface area contributed by atoms with E-state index in [-0.39, 0.29) is 5.84 Å². The Balaban J connectivity index is 2.73. The molecule has 0 atom stereocenters. The van der Waals surface area contributed by atoms with Gasteiger partial charge in [-0.2, -0.15) is 0 Å². The van der Waals surface area contributed by atoms with Gasteiger partial charge >= 0.3 is 0 Å². The number of hydrogen-bond acceptors (Lipinski definition) is 4. The minimum Gasteiger partial charge on any atom is -0.384 e. The van der Waals surface area contributed by atoms with Gasteiger partial charge in [0.1, 0.15) is 5.84 Å². The molecule has 0 amide bonds. The van der Waals surface area contributed by atoms with E-state index in [4.69, 9.17) is 16.4 Å². The van der Waals surface area contributed by atoms with Crippen molar-refractivity contribution in [1.82, 2.24) is 5.48 Å². The van der Waals surface area contributed by atoms with Gasteiger partial charge in [0.25, 0.3) is 0 Å². The summed E-state index contributed by atoms with van der Waals surface area (Å²) in [6.07, 6.45) is 0. The fraction of sp³-hybridized carbons (Fsp3) is 0.167.